The molecule has 11 aromatic carbocycles. The molecule has 774 valence electrons. The number of carbonyl (C=O) groups excluding carboxylic acids is 4. The van der Waals surface area contributed by atoms with Crippen molar-refractivity contribution in [2.24, 2.45) is 5.73 Å². The Kier molecular flexibility index (Phi) is 48.3. The molecule has 0 spiro atoms. The van der Waals surface area contributed by atoms with Gasteiger partial charge in [-0.3, -0.25) is 14.4 Å². The molecular formula is C112H103BBr2F8MgN8O13S5. The van der Waals surface area contributed by atoms with Gasteiger partial charge in [-0.05, 0) is 247 Å². The number of nitrogens with two attached hydrogens (primary N) is 1. The first-order valence-corrected chi connectivity index (χ1v) is 51.3. The molecule has 8 heterocycles. The number of aromatic amines is 2. The second-order valence-corrected chi connectivity index (χ2v) is 39.0. The van der Waals surface area contributed by atoms with Gasteiger partial charge in [0.15, 0.2) is 17.2 Å². The number of aromatic hydroxyl groups is 2. The molecule has 1 fully saturated rings. The van der Waals surface area contributed by atoms with Gasteiger partial charge < -0.3 is 72.3 Å². The molecule has 150 heavy (non-hydrogen) atoms. The summed E-state index contributed by atoms with van der Waals surface area (Å²) in [4.78, 5) is 89.9. The van der Waals surface area contributed by atoms with E-state index >= 15 is 0 Å². The van der Waals surface area contributed by atoms with Crippen LogP contribution < -0.4 is 28.2 Å². The summed E-state index contributed by atoms with van der Waals surface area (Å²) in [6.45, 7) is 19.5. The van der Waals surface area contributed by atoms with Crippen molar-refractivity contribution in [3.8, 4) is 53.3 Å². The number of hydrogen-bond acceptors (Lipinski definition) is 23. The summed E-state index contributed by atoms with van der Waals surface area (Å²) in [6, 6.07) is 61.5. The molecule has 0 saturated carbocycles. The Hall–Kier alpha value is -13.1. The maximum Gasteiger partial charge on any atom is 2.00 e. The minimum atomic E-state index is -1.35. The first-order valence-electron chi connectivity index (χ1n) is 46.1. The minimum absolute atomic E-state index is 0. The van der Waals surface area contributed by atoms with Crippen LogP contribution >= 0.6 is 72.6 Å². The molecule has 0 bridgehead atoms. The zero-order valence-electron chi connectivity index (χ0n) is 82.2. The Bertz CT molecular complexity index is 7410. The number of fused-ring (bicyclic) bond motifs is 2. The topological polar surface area (TPSA) is 336 Å². The molecule has 1 aliphatic rings. The van der Waals surface area contributed by atoms with Crippen LogP contribution in [0.25, 0.3) is 63.6 Å². The van der Waals surface area contributed by atoms with Crippen LogP contribution in [0, 0.1) is 88.1 Å². The van der Waals surface area contributed by atoms with E-state index in [2.05, 4.69) is 57.7 Å². The van der Waals surface area contributed by atoms with Crippen molar-refractivity contribution in [2.75, 3.05) is 26.4 Å². The van der Waals surface area contributed by atoms with E-state index in [0.717, 1.165) is 150 Å². The van der Waals surface area contributed by atoms with Gasteiger partial charge in [0, 0.05) is 90.8 Å². The Balaban J connectivity index is 0.000000196. The maximum atomic E-state index is 14.0. The van der Waals surface area contributed by atoms with Crippen molar-refractivity contribution < 1.29 is 116 Å². The molecule has 18 aromatic rings. The smallest absolute Gasteiger partial charge is 1.00 e. The molecule has 21 nitrogen and oxygen atoms in total. The molecule has 2 unspecified atom stereocenters. The van der Waals surface area contributed by atoms with Crippen LogP contribution in [0.15, 0.2) is 274 Å². The number of rotatable bonds is 24. The van der Waals surface area contributed by atoms with Gasteiger partial charge in [0.2, 0.25) is 0 Å². The van der Waals surface area contributed by atoms with Gasteiger partial charge in [0.05, 0.1) is 95.8 Å². The van der Waals surface area contributed by atoms with Crippen molar-refractivity contribution in [3.05, 3.63) is 417 Å². The van der Waals surface area contributed by atoms with Gasteiger partial charge in [-0.15, -0.1) is 68.8 Å². The number of phenols is 2. The minimum Gasteiger partial charge on any atom is -1.00 e. The van der Waals surface area contributed by atoms with Gasteiger partial charge in [-0.25, -0.2) is 69.6 Å². The van der Waals surface area contributed by atoms with Crippen molar-refractivity contribution in [1.29, 1.82) is 0 Å². The number of Topliss-reactive ketones (excluding diaryl/α,β-unsaturated/α-hetero) is 2. The number of thiazole rings is 5. The van der Waals surface area contributed by atoms with Crippen LogP contribution in [0.2, 0.25) is 0 Å². The predicted molar refractivity (Wildman–Crippen MR) is 577 cm³/mol. The normalized spacial score (nSPS) is 11.3. The number of aromatic nitrogens is 7. The third-order valence-electron chi connectivity index (χ3n) is 22.3. The van der Waals surface area contributed by atoms with Crippen molar-refractivity contribution in [2.45, 2.75) is 112 Å². The average molecular weight is 2280 g/mol. The molecule has 19 rings (SSSR count). The number of ketones is 2. The Morgan fingerprint density at radius 2 is 0.820 bits per heavy atom. The monoisotopic (exact) mass is 2270 g/mol. The van der Waals surface area contributed by atoms with Crippen LogP contribution in [0.1, 0.15) is 149 Å². The number of benzene rings is 11. The predicted octanol–water partition coefficient (Wildman–Crippen LogP) is 22.7. The van der Waals surface area contributed by atoms with E-state index < -0.39 is 65.7 Å². The second-order valence-electron chi connectivity index (χ2n) is 33.4. The summed E-state index contributed by atoms with van der Waals surface area (Å²) in [5.74, 6) is -7.00. The number of aryl methyl sites for hydroxylation is 5. The second kappa shape index (κ2) is 60.1. The van der Waals surface area contributed by atoms with Gasteiger partial charge in [0.25, 0.3) is 0 Å². The van der Waals surface area contributed by atoms with Crippen molar-refractivity contribution >= 4 is 160 Å². The summed E-state index contributed by atoms with van der Waals surface area (Å²) >= 11 is 10.4. The number of hydrogen-bond donors (Lipinski definition) is 8. The molecule has 1 aliphatic heterocycles. The fourth-order valence-corrected chi connectivity index (χ4v) is 20.1. The fourth-order valence-electron chi connectivity index (χ4n) is 15.4. The summed E-state index contributed by atoms with van der Waals surface area (Å²) in [6.07, 6.45) is 6.79. The third-order valence-corrected chi connectivity index (χ3v) is 27.4. The molecule has 38 heteroatoms. The Labute approximate surface area is 917 Å². The SMILES string of the molecule is C1CCOC1.CCOC(=O)c1ncsc1-c1ccccc1C.CCOC(=O)c1ncsc1Br.Cc1ccccc1-c1scnc1C(=O)Cc1cc(F)cc(F)c1.Cc1ccccc1-c1scnc1C(CC(=O)Cc1c[nH]c2ccc(O)cc12)Cc1cc(F)cc(F)c1.Cc1ccccc1-c1scnc1C(N)Cc1cc(F)cc(F)c1.Cc1ccccc1B(O)O.O=C(O)Cc1c[nH]c2ccc(O)cc12.[Br-].[CH2-]c1cc(F)cc(F)c1.[Mg+2]. The summed E-state index contributed by atoms with van der Waals surface area (Å²) in [5, 5.41) is 46.8. The summed E-state index contributed by atoms with van der Waals surface area (Å²) in [7, 11) is -1.35. The molecule has 9 N–H and O–H groups in total. The number of nitrogens with one attached hydrogen (secondary N) is 2. The zero-order chi connectivity index (χ0) is 107. The summed E-state index contributed by atoms with van der Waals surface area (Å²) in [5.41, 5.74) is 32.0. The third kappa shape index (κ3) is 36.1. The maximum absolute atomic E-state index is 14.0. The van der Waals surface area contributed by atoms with Crippen molar-refractivity contribution in [1.82, 2.24) is 34.9 Å². The molecule has 1 saturated heterocycles. The number of nitrogens with zero attached hydrogens (tertiary/aromatic N) is 5. The van der Waals surface area contributed by atoms with E-state index in [9.17, 15) is 69.3 Å². The molecule has 7 aromatic heterocycles. The van der Waals surface area contributed by atoms with Crippen LogP contribution in [0.4, 0.5) is 35.1 Å². The Morgan fingerprint density at radius 1 is 0.453 bits per heavy atom. The number of H-pyrrole nitrogens is 2. The number of carbonyl (C=O) groups is 5. The molecule has 0 amide bonds. The number of carboxylic acid groups (broad SMARTS) is 1. The van der Waals surface area contributed by atoms with Crippen LogP contribution in [0.3, 0.4) is 0 Å². The number of aliphatic carboxylic acids is 1. The Morgan fingerprint density at radius 3 is 1.23 bits per heavy atom. The van der Waals surface area contributed by atoms with Crippen LogP contribution in [-0.2, 0) is 55.9 Å². The number of ether oxygens (including phenoxy) is 3. The van der Waals surface area contributed by atoms with E-state index in [0.29, 0.717) is 70.0 Å². The summed E-state index contributed by atoms with van der Waals surface area (Å²) < 4.78 is 121. The largest absolute Gasteiger partial charge is 2.00 e. The van der Waals surface area contributed by atoms with E-state index in [1.54, 1.807) is 102 Å². The van der Waals surface area contributed by atoms with Gasteiger partial charge in [-0.1, -0.05) is 127 Å². The molecule has 0 aliphatic carbocycles. The van der Waals surface area contributed by atoms with Gasteiger partial charge in [0.1, 0.15) is 61.7 Å². The van der Waals surface area contributed by atoms with Crippen LogP contribution in [-0.4, -0.2) is 146 Å². The van der Waals surface area contributed by atoms with E-state index in [-0.39, 0.29) is 113 Å². The molecular weight excluding hydrogens is 2170 g/mol. The number of halogens is 10. The number of carboxylic acids is 1. The number of phenolic OH excluding ortho intramolecular Hbond substituents is 2. The zero-order valence-corrected chi connectivity index (χ0v) is 90.9. The van der Waals surface area contributed by atoms with Crippen LogP contribution in [0.5, 0.6) is 11.5 Å². The first kappa shape index (κ1) is 120. The van der Waals surface area contributed by atoms with E-state index in [1.807, 2.05) is 144 Å². The molecule has 2 atom stereocenters. The van der Waals surface area contributed by atoms with Gasteiger partial charge >= 0.3 is 48.1 Å². The van der Waals surface area contributed by atoms with Gasteiger partial charge in [-0.2, -0.15) is 12.5 Å². The fraction of sp³-hybridized carbons (Fsp3) is 0.188. The average Bonchev–Trinajstić information content (AvgIpc) is 1.64. The number of esters is 2. The first-order chi connectivity index (χ1) is 71.0. The van der Waals surface area contributed by atoms with E-state index in [4.69, 9.17) is 35.1 Å². The molecule has 0 radical (unpaired) electrons. The van der Waals surface area contributed by atoms with E-state index in [1.165, 1.54) is 118 Å². The standard InChI is InChI=1S/C29H24F2N2O2S.C18H16F2N2S.C18H13F2NOS.C13H13NO2S.C10H9NO3.C7H9BO2.C7H5F2.C6H6BrNO2S.C4H8O.BrH.Mg/c1-17-4-2-3-5-25(17)29-28(33-16-36-29)19(8-18-9-21(30)13-22(31)10-18)11-24(35)12-20-15-32-27-7-6-23(34)14-26(20)27;1-11-4-2-3-5-15(11)18-17(22-10-23-18)16(21)8-12-6-13(19)9-14(20)7-12;1-11-4-2-3-5-15(11)18-17(21-10-23-18)16(22)8-12-6-13(19)9-14(20)7-12;1-3-16-13(15)11-12(17-8-14-11)10-7-5-4-6-9(10)2;12-7-1-2-9-8(4-7)6(5-11-9)3-10(13)14;1-6-4-2-3-5-7(6)8(9)10;1-5-2-6(8)4-7(9)3-5;1-2-10-6(9)4-5(7)11-3-8-4;1-2-4-5-3-1;;/h2-7,9-10,13-16,19,32,34H,8,11-12H2,1H3;2-7,9-10,16H,8,21H2,1H3;2-7,9-10H,8H2,1H3;4-8H,3H2,1-2H3;1-2,4-5,11-12H,3H2,(H,13,14);2-5,9-10H,1H3;2-4H,1H2;3H,2H2,1H3;1-4H2;1H;/q;;;;;;-1;;;;+2/p-1. The quantitative estimate of drug-likeness (QED) is 0.00916. The van der Waals surface area contributed by atoms with Crippen molar-refractivity contribution in [3.63, 3.8) is 0 Å².